The Bertz CT molecular complexity index is 1030. The van der Waals surface area contributed by atoms with Gasteiger partial charge in [-0.3, -0.25) is 0 Å². The topological polar surface area (TPSA) is 106 Å². The van der Waals surface area contributed by atoms with Crippen LogP contribution >= 0.6 is 11.8 Å². The Morgan fingerprint density at radius 2 is 2.00 bits per heavy atom. The average Bonchev–Trinajstić information content (AvgIpc) is 2.89. The van der Waals surface area contributed by atoms with E-state index in [1.807, 2.05) is 43.3 Å². The minimum atomic E-state index is -1.02. The third-order valence-corrected chi connectivity index (χ3v) is 4.87. The Hall–Kier alpha value is -3.33. The summed E-state index contributed by atoms with van der Waals surface area (Å²) in [5, 5.41) is 21.2. The maximum absolute atomic E-state index is 10.7. The Morgan fingerprint density at radius 1 is 1.21 bits per heavy atom. The zero-order valence-electron chi connectivity index (χ0n) is 15.5. The number of hydrogen-bond donors (Lipinski definition) is 2. The van der Waals surface area contributed by atoms with Crippen LogP contribution in [-0.2, 0) is 4.79 Å². The first-order valence-electron chi connectivity index (χ1n) is 8.98. The molecule has 2 N–H and O–H groups in total. The normalized spacial score (nSPS) is 14.6. The number of rotatable bonds is 6. The van der Waals surface area contributed by atoms with Crippen molar-refractivity contribution in [3.8, 4) is 22.9 Å². The van der Waals surface area contributed by atoms with Crippen LogP contribution in [0.15, 0.2) is 53.7 Å². The standard InChI is InChI=1S/C20H18N4O4S/c1-2-29-20-22-19-17(23-24-20)14-5-3-4-6-15(14)21-18(28-19)12-7-9-13(10-8-12)27-11-16(25)26/h3-10,18,21H,2,11H2,1H3,(H,25,26)/t18-/m0/s1. The Kier molecular flexibility index (Phi) is 5.48. The first-order valence-corrected chi connectivity index (χ1v) is 9.97. The number of aromatic nitrogens is 3. The zero-order valence-corrected chi connectivity index (χ0v) is 16.3. The fourth-order valence-electron chi connectivity index (χ4n) is 2.87. The molecule has 1 atom stereocenters. The molecule has 8 nitrogen and oxygen atoms in total. The van der Waals surface area contributed by atoms with Gasteiger partial charge in [0.25, 0.3) is 0 Å². The number of fused-ring (bicyclic) bond motifs is 3. The number of benzene rings is 2. The van der Waals surface area contributed by atoms with E-state index in [4.69, 9.17) is 14.6 Å². The first kappa shape index (κ1) is 19.0. The van der Waals surface area contributed by atoms with Crippen LogP contribution in [0.25, 0.3) is 11.3 Å². The highest BCUT2D eigenvalue weighted by molar-refractivity contribution is 7.99. The summed E-state index contributed by atoms with van der Waals surface area (Å²) in [6.07, 6.45) is -0.512. The summed E-state index contributed by atoms with van der Waals surface area (Å²) in [6.45, 7) is 1.63. The van der Waals surface area contributed by atoms with Crippen molar-refractivity contribution in [3.05, 3.63) is 54.1 Å². The van der Waals surface area contributed by atoms with Crippen molar-refractivity contribution < 1.29 is 19.4 Å². The summed E-state index contributed by atoms with van der Waals surface area (Å²) < 4.78 is 11.4. The number of nitrogens with zero attached hydrogens (tertiary/aromatic N) is 3. The smallest absolute Gasteiger partial charge is 0.341 e. The van der Waals surface area contributed by atoms with Crippen molar-refractivity contribution in [2.75, 3.05) is 17.7 Å². The number of nitrogens with one attached hydrogen (secondary N) is 1. The second kappa shape index (κ2) is 8.36. The van der Waals surface area contributed by atoms with Crippen LogP contribution in [-0.4, -0.2) is 38.6 Å². The number of para-hydroxylation sites is 1. The van der Waals surface area contributed by atoms with Crippen molar-refractivity contribution in [3.63, 3.8) is 0 Å². The lowest BCUT2D eigenvalue weighted by atomic mass is 10.1. The zero-order chi connectivity index (χ0) is 20.2. The summed E-state index contributed by atoms with van der Waals surface area (Å²) in [4.78, 5) is 15.2. The number of anilines is 1. The molecular weight excluding hydrogens is 392 g/mol. The predicted octanol–water partition coefficient (Wildman–Crippen LogP) is 3.62. The molecule has 148 valence electrons. The molecule has 0 saturated heterocycles. The number of ether oxygens (including phenoxy) is 2. The van der Waals surface area contributed by atoms with Gasteiger partial charge < -0.3 is 19.9 Å². The Labute approximate surface area is 171 Å². The van der Waals surface area contributed by atoms with Gasteiger partial charge in [-0.25, -0.2) is 4.79 Å². The SMILES string of the molecule is CCSc1nnc2c(n1)O[C@@H](c1ccc(OCC(=O)O)cc1)Nc1ccccc1-2. The number of carboxylic acid groups (broad SMARTS) is 1. The highest BCUT2D eigenvalue weighted by atomic mass is 32.2. The van der Waals surface area contributed by atoms with Crippen molar-refractivity contribution >= 4 is 23.4 Å². The fraction of sp³-hybridized carbons (Fsp3) is 0.200. The second-order valence-electron chi connectivity index (χ2n) is 6.12. The maximum atomic E-state index is 10.7. The van der Waals surface area contributed by atoms with E-state index in [-0.39, 0.29) is 0 Å². The quantitative estimate of drug-likeness (QED) is 0.589. The van der Waals surface area contributed by atoms with Gasteiger partial charge in [0.2, 0.25) is 11.0 Å². The van der Waals surface area contributed by atoms with Crippen LogP contribution in [0.5, 0.6) is 11.6 Å². The van der Waals surface area contributed by atoms with Crippen molar-refractivity contribution in [2.45, 2.75) is 18.3 Å². The van der Waals surface area contributed by atoms with Gasteiger partial charge in [0.05, 0.1) is 0 Å². The van der Waals surface area contributed by atoms with E-state index in [0.717, 1.165) is 22.6 Å². The lowest BCUT2D eigenvalue weighted by Gasteiger charge is -2.19. The molecule has 4 rings (SSSR count). The predicted molar refractivity (Wildman–Crippen MR) is 108 cm³/mol. The van der Waals surface area contributed by atoms with E-state index in [1.165, 1.54) is 11.8 Å². The summed E-state index contributed by atoms with van der Waals surface area (Å²) in [6, 6.07) is 14.8. The molecule has 0 unspecified atom stereocenters. The molecule has 1 aromatic heterocycles. The van der Waals surface area contributed by atoms with Crippen LogP contribution in [0.4, 0.5) is 5.69 Å². The van der Waals surface area contributed by atoms with Gasteiger partial charge in [-0.2, -0.15) is 4.98 Å². The monoisotopic (exact) mass is 410 g/mol. The van der Waals surface area contributed by atoms with Gasteiger partial charge in [-0.05, 0) is 36.1 Å². The van der Waals surface area contributed by atoms with Crippen molar-refractivity contribution in [2.24, 2.45) is 0 Å². The Morgan fingerprint density at radius 3 is 2.76 bits per heavy atom. The van der Waals surface area contributed by atoms with E-state index in [2.05, 4.69) is 20.5 Å². The molecule has 1 aliphatic rings. The lowest BCUT2D eigenvalue weighted by Crippen LogP contribution is -2.17. The fourth-order valence-corrected chi connectivity index (χ4v) is 3.38. The van der Waals surface area contributed by atoms with E-state index in [9.17, 15) is 4.79 Å². The maximum Gasteiger partial charge on any atom is 0.341 e. The van der Waals surface area contributed by atoms with Crippen molar-refractivity contribution in [1.82, 2.24) is 15.2 Å². The average molecular weight is 410 g/mol. The molecule has 1 aliphatic heterocycles. The molecule has 0 fully saturated rings. The van der Waals surface area contributed by atoms with Gasteiger partial charge in [0, 0.05) is 16.8 Å². The van der Waals surface area contributed by atoms with Crippen LogP contribution in [0, 0.1) is 0 Å². The summed E-state index contributed by atoms with van der Waals surface area (Å²) in [5.41, 5.74) is 3.13. The van der Waals surface area contributed by atoms with Gasteiger partial charge in [-0.15, -0.1) is 10.2 Å². The van der Waals surface area contributed by atoms with Gasteiger partial charge in [0.15, 0.2) is 18.5 Å². The lowest BCUT2D eigenvalue weighted by molar-refractivity contribution is -0.139. The molecule has 2 aromatic carbocycles. The molecule has 3 aromatic rings. The van der Waals surface area contributed by atoms with Crippen LogP contribution in [0.1, 0.15) is 18.7 Å². The molecule has 29 heavy (non-hydrogen) atoms. The second-order valence-corrected chi connectivity index (χ2v) is 7.35. The third-order valence-electron chi connectivity index (χ3n) is 4.15. The highest BCUT2D eigenvalue weighted by Crippen LogP contribution is 2.39. The van der Waals surface area contributed by atoms with E-state index in [1.54, 1.807) is 12.1 Å². The third kappa shape index (κ3) is 4.24. The molecule has 0 saturated carbocycles. The van der Waals surface area contributed by atoms with Gasteiger partial charge in [0.1, 0.15) is 5.75 Å². The number of carbonyl (C=O) groups is 1. The van der Waals surface area contributed by atoms with Crippen molar-refractivity contribution in [1.29, 1.82) is 0 Å². The van der Waals surface area contributed by atoms with Crippen LogP contribution < -0.4 is 14.8 Å². The highest BCUT2D eigenvalue weighted by Gasteiger charge is 2.26. The van der Waals surface area contributed by atoms with E-state index < -0.39 is 18.8 Å². The van der Waals surface area contributed by atoms with Crippen LogP contribution in [0.3, 0.4) is 0 Å². The molecular formula is C20H18N4O4S. The molecule has 0 spiro atoms. The molecule has 2 heterocycles. The number of aliphatic carboxylic acids is 1. The minimum Gasteiger partial charge on any atom is -0.482 e. The Balaban J connectivity index is 1.67. The number of hydrogen-bond acceptors (Lipinski definition) is 8. The summed E-state index contributed by atoms with van der Waals surface area (Å²) in [7, 11) is 0. The summed E-state index contributed by atoms with van der Waals surface area (Å²) >= 11 is 1.49. The molecule has 0 amide bonds. The van der Waals surface area contributed by atoms with Crippen LogP contribution in [0.2, 0.25) is 0 Å². The minimum absolute atomic E-state index is 0.390. The molecule has 0 radical (unpaired) electrons. The number of carboxylic acids is 1. The van der Waals surface area contributed by atoms with Gasteiger partial charge >= 0.3 is 5.97 Å². The van der Waals surface area contributed by atoms with Gasteiger partial charge in [-0.1, -0.05) is 36.9 Å². The summed E-state index contributed by atoms with van der Waals surface area (Å²) in [5.74, 6) is 0.682. The van der Waals surface area contributed by atoms with E-state index in [0.29, 0.717) is 22.5 Å². The van der Waals surface area contributed by atoms with E-state index >= 15 is 0 Å². The molecule has 9 heteroatoms. The largest absolute Gasteiger partial charge is 0.482 e. The molecule has 0 bridgehead atoms. The molecule has 0 aliphatic carbocycles. The first-order chi connectivity index (χ1) is 14.1. The number of thioether (sulfide) groups is 1.